The normalized spacial score (nSPS) is 32.6. The SMILES string of the molecule is CCn1c(C2CCN(C(=O)NC34CC5CC(CC(C5)C3)C4)CC2)nn(CCOC)c1=O. The third-order valence-electron chi connectivity index (χ3n) is 8.33. The van der Waals surface area contributed by atoms with E-state index in [9.17, 15) is 9.59 Å². The molecule has 1 aromatic rings. The third-order valence-corrected chi connectivity index (χ3v) is 8.33. The minimum absolute atomic E-state index is 0.0588. The van der Waals surface area contributed by atoms with E-state index in [0.717, 1.165) is 49.5 Å². The van der Waals surface area contributed by atoms with Crippen molar-refractivity contribution in [1.82, 2.24) is 24.6 Å². The molecule has 0 unspecified atom stereocenters. The molecule has 0 aromatic carbocycles. The molecule has 2 amide bonds. The minimum atomic E-state index is -0.0588. The van der Waals surface area contributed by atoms with Crippen LogP contribution in [0.15, 0.2) is 4.79 Å². The lowest BCUT2D eigenvalue weighted by molar-refractivity contribution is -0.0160. The summed E-state index contributed by atoms with van der Waals surface area (Å²) in [6.07, 6.45) is 9.42. The molecule has 1 aromatic heterocycles. The average Bonchev–Trinajstić information content (AvgIpc) is 3.06. The summed E-state index contributed by atoms with van der Waals surface area (Å²) in [6, 6.07) is 0.124. The van der Waals surface area contributed by atoms with Gasteiger partial charge in [-0.2, -0.15) is 5.10 Å². The fourth-order valence-corrected chi connectivity index (χ4v) is 7.29. The van der Waals surface area contributed by atoms with Crippen molar-refractivity contribution in [2.45, 2.75) is 82.8 Å². The Morgan fingerprint density at radius 2 is 1.74 bits per heavy atom. The van der Waals surface area contributed by atoms with Crippen molar-refractivity contribution in [2.24, 2.45) is 17.8 Å². The summed E-state index contributed by atoms with van der Waals surface area (Å²) in [6.45, 7) is 5.01. The van der Waals surface area contributed by atoms with Crippen LogP contribution < -0.4 is 11.0 Å². The van der Waals surface area contributed by atoms with Crippen LogP contribution in [-0.2, 0) is 17.8 Å². The number of nitrogens with zero attached hydrogens (tertiary/aromatic N) is 4. The summed E-state index contributed by atoms with van der Waals surface area (Å²) in [5.41, 5.74) is 0.00225. The van der Waals surface area contributed by atoms with E-state index in [0.29, 0.717) is 19.7 Å². The zero-order valence-corrected chi connectivity index (χ0v) is 19.0. The number of aromatic nitrogens is 3. The molecule has 4 saturated carbocycles. The molecule has 5 aliphatic rings. The number of urea groups is 1. The summed E-state index contributed by atoms with van der Waals surface area (Å²) >= 11 is 0. The van der Waals surface area contributed by atoms with Gasteiger partial charge in [0.25, 0.3) is 0 Å². The number of hydrogen-bond acceptors (Lipinski definition) is 4. The van der Waals surface area contributed by atoms with Crippen molar-refractivity contribution >= 4 is 6.03 Å². The molecule has 31 heavy (non-hydrogen) atoms. The zero-order chi connectivity index (χ0) is 21.6. The topological polar surface area (TPSA) is 81.4 Å². The number of ether oxygens (including phenoxy) is 1. The summed E-state index contributed by atoms with van der Waals surface area (Å²) in [5, 5.41) is 8.13. The molecule has 5 fully saturated rings. The summed E-state index contributed by atoms with van der Waals surface area (Å²) in [5.74, 6) is 3.58. The quantitative estimate of drug-likeness (QED) is 0.751. The highest BCUT2D eigenvalue weighted by Gasteiger charge is 2.51. The van der Waals surface area contributed by atoms with E-state index in [4.69, 9.17) is 4.74 Å². The van der Waals surface area contributed by atoms with Crippen LogP contribution >= 0.6 is 0 Å². The number of piperidine rings is 1. The molecule has 8 nitrogen and oxygen atoms in total. The van der Waals surface area contributed by atoms with Gasteiger partial charge in [0, 0.05) is 38.2 Å². The molecule has 0 atom stereocenters. The Bertz CT molecular complexity index is 832. The maximum atomic E-state index is 13.2. The van der Waals surface area contributed by atoms with E-state index in [-0.39, 0.29) is 23.2 Å². The highest BCUT2D eigenvalue weighted by molar-refractivity contribution is 5.75. The van der Waals surface area contributed by atoms with Crippen LogP contribution in [-0.4, -0.2) is 57.6 Å². The second kappa shape index (κ2) is 8.26. The second-order valence-corrected chi connectivity index (χ2v) is 10.5. The van der Waals surface area contributed by atoms with Gasteiger partial charge in [0.15, 0.2) is 0 Å². The number of rotatable bonds is 6. The molecule has 6 rings (SSSR count). The van der Waals surface area contributed by atoms with Crippen LogP contribution in [0.5, 0.6) is 0 Å². The molecule has 4 bridgehead atoms. The van der Waals surface area contributed by atoms with E-state index in [1.165, 1.54) is 43.2 Å². The van der Waals surface area contributed by atoms with E-state index in [1.807, 2.05) is 11.8 Å². The van der Waals surface area contributed by atoms with E-state index < -0.39 is 0 Å². The summed E-state index contributed by atoms with van der Waals surface area (Å²) in [4.78, 5) is 27.8. The van der Waals surface area contributed by atoms with Crippen molar-refractivity contribution in [1.29, 1.82) is 0 Å². The molecular formula is C23H37N5O3. The highest BCUT2D eigenvalue weighted by Crippen LogP contribution is 2.55. The van der Waals surface area contributed by atoms with Gasteiger partial charge >= 0.3 is 11.7 Å². The predicted molar refractivity (Wildman–Crippen MR) is 117 cm³/mol. The number of carbonyl (C=O) groups is 1. The second-order valence-electron chi connectivity index (χ2n) is 10.5. The predicted octanol–water partition coefficient (Wildman–Crippen LogP) is 2.57. The first kappa shape index (κ1) is 21.0. The van der Waals surface area contributed by atoms with Crippen molar-refractivity contribution < 1.29 is 9.53 Å². The van der Waals surface area contributed by atoms with Gasteiger partial charge in [0.05, 0.1) is 13.2 Å². The number of amides is 2. The standard InChI is InChI=1S/C23H37N5O3/c1-3-27-20(25-28(22(27)30)8-9-31-2)19-4-6-26(7-5-19)21(29)24-23-13-16-10-17(14-23)12-18(11-16)15-23/h16-19H,3-15H2,1-2H3,(H,24,29). The molecule has 172 valence electrons. The third kappa shape index (κ3) is 3.92. The Balaban J connectivity index is 1.21. The van der Waals surface area contributed by atoms with Crippen LogP contribution in [0, 0.1) is 17.8 Å². The molecule has 1 saturated heterocycles. The fraction of sp³-hybridized carbons (Fsp3) is 0.870. The monoisotopic (exact) mass is 431 g/mol. The molecule has 4 aliphatic carbocycles. The smallest absolute Gasteiger partial charge is 0.345 e. The van der Waals surface area contributed by atoms with Crippen LogP contribution in [0.1, 0.15) is 70.0 Å². The van der Waals surface area contributed by atoms with Gasteiger partial charge in [-0.15, -0.1) is 0 Å². The summed E-state index contributed by atoms with van der Waals surface area (Å²) < 4.78 is 8.41. The van der Waals surface area contributed by atoms with Crippen LogP contribution in [0.2, 0.25) is 0 Å². The van der Waals surface area contributed by atoms with Gasteiger partial charge < -0.3 is 15.0 Å². The number of likely N-dealkylation sites (tertiary alicyclic amines) is 1. The van der Waals surface area contributed by atoms with E-state index >= 15 is 0 Å². The Morgan fingerprint density at radius 3 is 2.29 bits per heavy atom. The van der Waals surface area contributed by atoms with Gasteiger partial charge in [0.2, 0.25) is 0 Å². The van der Waals surface area contributed by atoms with Gasteiger partial charge in [-0.3, -0.25) is 4.57 Å². The molecule has 0 spiro atoms. The minimum Gasteiger partial charge on any atom is -0.383 e. The lowest BCUT2D eigenvalue weighted by Crippen LogP contribution is -2.62. The molecular weight excluding hydrogens is 394 g/mol. The zero-order valence-electron chi connectivity index (χ0n) is 19.0. The fourth-order valence-electron chi connectivity index (χ4n) is 7.29. The Hall–Kier alpha value is -1.83. The first-order valence-corrected chi connectivity index (χ1v) is 12.2. The van der Waals surface area contributed by atoms with Crippen molar-refractivity contribution in [3.05, 3.63) is 16.3 Å². The van der Waals surface area contributed by atoms with Crippen LogP contribution in [0.3, 0.4) is 0 Å². The first-order valence-electron chi connectivity index (χ1n) is 12.2. The Labute approximate surface area is 184 Å². The number of hydrogen-bond donors (Lipinski definition) is 1. The average molecular weight is 432 g/mol. The van der Waals surface area contributed by atoms with Gasteiger partial charge in [-0.05, 0) is 76.0 Å². The van der Waals surface area contributed by atoms with Crippen molar-refractivity contribution in [2.75, 3.05) is 26.8 Å². The van der Waals surface area contributed by atoms with Gasteiger partial charge in [-0.1, -0.05) is 0 Å². The molecule has 1 N–H and O–H groups in total. The van der Waals surface area contributed by atoms with Crippen LogP contribution in [0.25, 0.3) is 0 Å². The lowest BCUT2D eigenvalue weighted by atomic mass is 9.53. The highest BCUT2D eigenvalue weighted by atomic mass is 16.5. The van der Waals surface area contributed by atoms with Crippen LogP contribution in [0.4, 0.5) is 4.79 Å². The molecule has 8 heteroatoms. The van der Waals surface area contributed by atoms with E-state index in [2.05, 4.69) is 10.4 Å². The van der Waals surface area contributed by atoms with Gasteiger partial charge in [-0.25, -0.2) is 14.3 Å². The molecule has 0 radical (unpaired) electrons. The Morgan fingerprint density at radius 1 is 1.13 bits per heavy atom. The maximum Gasteiger partial charge on any atom is 0.345 e. The molecule has 2 heterocycles. The number of methoxy groups -OCH3 is 1. The number of carbonyl (C=O) groups excluding carboxylic acids is 1. The van der Waals surface area contributed by atoms with E-state index in [1.54, 1.807) is 11.7 Å². The van der Waals surface area contributed by atoms with Crippen molar-refractivity contribution in [3.8, 4) is 0 Å². The summed E-state index contributed by atoms with van der Waals surface area (Å²) in [7, 11) is 1.63. The van der Waals surface area contributed by atoms with Crippen molar-refractivity contribution in [3.63, 3.8) is 0 Å². The van der Waals surface area contributed by atoms with Gasteiger partial charge in [0.1, 0.15) is 5.82 Å². The largest absolute Gasteiger partial charge is 0.383 e. The lowest BCUT2D eigenvalue weighted by Gasteiger charge is -2.57. The molecule has 1 aliphatic heterocycles. The first-order chi connectivity index (χ1) is 15.0. The Kier molecular flexibility index (Phi) is 5.61. The maximum absolute atomic E-state index is 13.2. The number of nitrogens with one attached hydrogen (secondary N) is 1.